The first kappa shape index (κ1) is 14.5. The molecule has 2 atom stereocenters. The average molecular weight is 282 g/mol. The molecule has 0 aromatic carbocycles. The molecule has 19 heavy (non-hydrogen) atoms. The van der Waals surface area contributed by atoms with Gasteiger partial charge in [0.05, 0.1) is 11.1 Å². The van der Waals surface area contributed by atoms with Crippen molar-refractivity contribution < 1.29 is 9.90 Å². The van der Waals surface area contributed by atoms with Gasteiger partial charge < -0.3 is 10.4 Å². The van der Waals surface area contributed by atoms with E-state index in [1.54, 1.807) is 11.3 Å². The van der Waals surface area contributed by atoms with Crippen LogP contribution in [0.2, 0.25) is 0 Å². The van der Waals surface area contributed by atoms with E-state index in [0.717, 1.165) is 42.8 Å². The highest BCUT2D eigenvalue weighted by atomic mass is 32.1. The number of hydrogen-bond acceptors (Lipinski definition) is 4. The van der Waals surface area contributed by atoms with Crippen LogP contribution in [0.5, 0.6) is 0 Å². The molecule has 1 aromatic rings. The SMILES string of the molecule is Cc1csc(CCCNC(=O)[C@H]2CCC[C@@H](O)C2)n1. The summed E-state index contributed by atoms with van der Waals surface area (Å²) in [6.45, 7) is 2.69. The summed E-state index contributed by atoms with van der Waals surface area (Å²) in [6.07, 6.45) is 4.89. The average Bonchev–Trinajstić information content (AvgIpc) is 2.80. The van der Waals surface area contributed by atoms with Crippen LogP contribution in [0.1, 0.15) is 42.8 Å². The van der Waals surface area contributed by atoms with Crippen molar-refractivity contribution in [2.45, 2.75) is 51.6 Å². The van der Waals surface area contributed by atoms with Crippen LogP contribution in [-0.2, 0) is 11.2 Å². The number of carbonyl (C=O) groups is 1. The second-order valence-corrected chi connectivity index (χ2v) is 6.24. The summed E-state index contributed by atoms with van der Waals surface area (Å²) in [5, 5.41) is 15.7. The van der Waals surface area contributed by atoms with Crippen molar-refractivity contribution in [2.75, 3.05) is 6.54 Å². The molecule has 1 aromatic heterocycles. The zero-order chi connectivity index (χ0) is 13.7. The monoisotopic (exact) mass is 282 g/mol. The Hall–Kier alpha value is -0.940. The number of aliphatic hydroxyl groups is 1. The lowest BCUT2D eigenvalue weighted by Crippen LogP contribution is -2.35. The Labute approximate surface area is 118 Å². The van der Waals surface area contributed by atoms with Gasteiger partial charge in [0.1, 0.15) is 0 Å². The predicted octanol–water partition coefficient (Wildman–Crippen LogP) is 2.05. The number of carbonyl (C=O) groups excluding carboxylic acids is 1. The number of hydrogen-bond donors (Lipinski definition) is 2. The zero-order valence-corrected chi connectivity index (χ0v) is 12.2. The van der Waals surface area contributed by atoms with Gasteiger partial charge in [0.25, 0.3) is 0 Å². The van der Waals surface area contributed by atoms with E-state index in [1.165, 1.54) is 0 Å². The van der Waals surface area contributed by atoms with Crippen LogP contribution in [0.3, 0.4) is 0 Å². The number of amides is 1. The molecule has 1 aliphatic rings. The van der Waals surface area contributed by atoms with Gasteiger partial charge in [0.2, 0.25) is 5.91 Å². The number of aromatic nitrogens is 1. The molecule has 0 spiro atoms. The summed E-state index contributed by atoms with van der Waals surface area (Å²) >= 11 is 1.68. The van der Waals surface area contributed by atoms with Gasteiger partial charge in [-0.15, -0.1) is 11.3 Å². The number of rotatable bonds is 5. The van der Waals surface area contributed by atoms with Gasteiger partial charge in [-0.05, 0) is 32.6 Å². The van der Waals surface area contributed by atoms with E-state index in [9.17, 15) is 9.90 Å². The van der Waals surface area contributed by atoms with E-state index in [1.807, 2.05) is 6.92 Å². The molecule has 1 saturated carbocycles. The zero-order valence-electron chi connectivity index (χ0n) is 11.4. The lowest BCUT2D eigenvalue weighted by molar-refractivity contribution is -0.127. The number of aryl methyl sites for hydroxylation is 2. The Morgan fingerprint density at radius 1 is 1.58 bits per heavy atom. The van der Waals surface area contributed by atoms with Gasteiger partial charge in [-0.3, -0.25) is 4.79 Å². The van der Waals surface area contributed by atoms with Crippen LogP contribution in [0.15, 0.2) is 5.38 Å². The molecule has 1 aliphatic carbocycles. The van der Waals surface area contributed by atoms with Crippen molar-refractivity contribution in [1.29, 1.82) is 0 Å². The lowest BCUT2D eigenvalue weighted by atomic mass is 9.87. The third kappa shape index (κ3) is 4.58. The quantitative estimate of drug-likeness (QED) is 0.813. The van der Waals surface area contributed by atoms with Crippen molar-refractivity contribution >= 4 is 17.2 Å². The predicted molar refractivity (Wildman–Crippen MR) is 76.1 cm³/mol. The molecule has 5 heteroatoms. The van der Waals surface area contributed by atoms with Crippen LogP contribution < -0.4 is 5.32 Å². The first-order chi connectivity index (χ1) is 9.15. The Kier molecular flexibility index (Phi) is 5.34. The topological polar surface area (TPSA) is 62.2 Å². The van der Waals surface area contributed by atoms with Crippen LogP contribution in [-0.4, -0.2) is 28.6 Å². The molecule has 0 aliphatic heterocycles. The molecule has 2 rings (SSSR count). The molecule has 0 unspecified atom stereocenters. The lowest BCUT2D eigenvalue weighted by Gasteiger charge is -2.24. The maximum atomic E-state index is 11.9. The third-order valence-electron chi connectivity index (χ3n) is 3.55. The summed E-state index contributed by atoms with van der Waals surface area (Å²) in [4.78, 5) is 16.3. The molecular formula is C14H22N2O2S. The first-order valence-corrected chi connectivity index (χ1v) is 7.90. The molecule has 4 nitrogen and oxygen atoms in total. The Morgan fingerprint density at radius 3 is 3.11 bits per heavy atom. The third-order valence-corrected chi connectivity index (χ3v) is 4.58. The van der Waals surface area contributed by atoms with Crippen molar-refractivity contribution in [2.24, 2.45) is 5.92 Å². The maximum absolute atomic E-state index is 11.9. The summed E-state index contributed by atoms with van der Waals surface area (Å²) in [5.74, 6) is 0.111. The van der Waals surface area contributed by atoms with Crippen LogP contribution in [0.25, 0.3) is 0 Å². The van der Waals surface area contributed by atoms with Gasteiger partial charge in [-0.2, -0.15) is 0 Å². The molecule has 2 N–H and O–H groups in total. The molecule has 106 valence electrons. The fourth-order valence-corrected chi connectivity index (χ4v) is 3.33. The van der Waals surface area contributed by atoms with Crippen molar-refractivity contribution in [3.63, 3.8) is 0 Å². The van der Waals surface area contributed by atoms with Gasteiger partial charge in [0, 0.05) is 30.0 Å². The minimum absolute atomic E-state index is 0.00542. The van der Waals surface area contributed by atoms with Gasteiger partial charge in [0.15, 0.2) is 0 Å². The largest absolute Gasteiger partial charge is 0.393 e. The van der Waals surface area contributed by atoms with Gasteiger partial charge in [-0.1, -0.05) is 6.42 Å². The van der Waals surface area contributed by atoms with E-state index in [2.05, 4.69) is 15.7 Å². The molecular weight excluding hydrogens is 260 g/mol. The number of aliphatic hydroxyl groups excluding tert-OH is 1. The molecule has 0 saturated heterocycles. The van der Waals surface area contributed by atoms with Crippen molar-refractivity contribution in [1.82, 2.24) is 10.3 Å². The second kappa shape index (κ2) is 7.01. The fourth-order valence-electron chi connectivity index (χ4n) is 2.52. The Balaban J connectivity index is 1.63. The van der Waals surface area contributed by atoms with Crippen molar-refractivity contribution in [3.8, 4) is 0 Å². The molecule has 0 bridgehead atoms. The highest BCUT2D eigenvalue weighted by Gasteiger charge is 2.25. The van der Waals surface area contributed by atoms with Gasteiger partial charge in [-0.25, -0.2) is 4.98 Å². The molecule has 1 amide bonds. The minimum Gasteiger partial charge on any atom is -0.393 e. The van der Waals surface area contributed by atoms with E-state index < -0.39 is 0 Å². The minimum atomic E-state index is -0.289. The highest BCUT2D eigenvalue weighted by molar-refractivity contribution is 7.09. The Morgan fingerprint density at radius 2 is 2.42 bits per heavy atom. The van der Waals surface area contributed by atoms with Crippen LogP contribution in [0, 0.1) is 12.8 Å². The molecule has 1 heterocycles. The fraction of sp³-hybridized carbons (Fsp3) is 0.714. The maximum Gasteiger partial charge on any atom is 0.223 e. The number of nitrogens with one attached hydrogen (secondary N) is 1. The molecule has 1 fully saturated rings. The number of nitrogens with zero attached hydrogens (tertiary/aromatic N) is 1. The van der Waals surface area contributed by atoms with Gasteiger partial charge >= 0.3 is 0 Å². The highest BCUT2D eigenvalue weighted by Crippen LogP contribution is 2.24. The summed E-state index contributed by atoms with van der Waals surface area (Å²) in [5.41, 5.74) is 1.07. The Bertz CT molecular complexity index is 419. The van der Waals surface area contributed by atoms with E-state index in [-0.39, 0.29) is 17.9 Å². The smallest absolute Gasteiger partial charge is 0.223 e. The normalized spacial score (nSPS) is 23.3. The summed E-state index contributed by atoms with van der Waals surface area (Å²) in [7, 11) is 0. The second-order valence-electron chi connectivity index (χ2n) is 5.29. The molecule has 0 radical (unpaired) electrons. The van der Waals surface area contributed by atoms with Crippen molar-refractivity contribution in [3.05, 3.63) is 16.1 Å². The van der Waals surface area contributed by atoms with E-state index in [4.69, 9.17) is 0 Å². The first-order valence-electron chi connectivity index (χ1n) is 7.02. The summed E-state index contributed by atoms with van der Waals surface area (Å²) in [6, 6.07) is 0. The van der Waals surface area contributed by atoms with Crippen LogP contribution >= 0.6 is 11.3 Å². The van der Waals surface area contributed by atoms with E-state index >= 15 is 0 Å². The number of thiazole rings is 1. The van der Waals surface area contributed by atoms with Crippen LogP contribution in [0.4, 0.5) is 0 Å². The standard InChI is InChI=1S/C14H22N2O2S/c1-10-9-19-13(16-10)6-3-7-15-14(18)11-4-2-5-12(17)8-11/h9,11-12,17H,2-8H2,1H3,(H,15,18)/t11-,12+/m0/s1. The van der Waals surface area contributed by atoms with E-state index in [0.29, 0.717) is 13.0 Å². The summed E-state index contributed by atoms with van der Waals surface area (Å²) < 4.78 is 0.